The van der Waals surface area contributed by atoms with Gasteiger partial charge in [0.1, 0.15) is 6.54 Å². The Kier molecular flexibility index (Phi) is 4.45. The summed E-state index contributed by atoms with van der Waals surface area (Å²) in [6.07, 6.45) is 4.99. The van der Waals surface area contributed by atoms with Crippen LogP contribution in [0, 0.1) is 19.8 Å². The zero-order valence-corrected chi connectivity index (χ0v) is 13.1. The second kappa shape index (κ2) is 6.11. The van der Waals surface area contributed by atoms with Crippen molar-refractivity contribution in [3.05, 3.63) is 23.8 Å². The second-order valence-corrected chi connectivity index (χ2v) is 5.84. The smallest absolute Gasteiger partial charge is 0.239 e. The lowest BCUT2D eigenvalue weighted by Gasteiger charge is -2.04. The number of primary amides is 1. The van der Waals surface area contributed by atoms with Crippen LogP contribution >= 0.6 is 0 Å². The van der Waals surface area contributed by atoms with E-state index in [9.17, 15) is 4.79 Å². The highest BCUT2D eigenvalue weighted by atomic mass is 16.1. The summed E-state index contributed by atoms with van der Waals surface area (Å²) in [6, 6.07) is 0. The van der Waals surface area contributed by atoms with Crippen molar-refractivity contribution in [3.63, 3.8) is 0 Å². The standard InChI is InChI=1S/C15H23N5O/c1-10(2)5-6-19-8-13(7-17-19)15-11(3)18-20(12(15)4)9-14(16)21/h7-8,10H,5-6,9H2,1-4H3,(H2,16,21). The van der Waals surface area contributed by atoms with Crippen molar-refractivity contribution in [3.8, 4) is 11.1 Å². The molecular formula is C15H23N5O. The summed E-state index contributed by atoms with van der Waals surface area (Å²) < 4.78 is 3.61. The molecule has 0 radical (unpaired) electrons. The fraction of sp³-hybridized carbons (Fsp3) is 0.533. The van der Waals surface area contributed by atoms with Gasteiger partial charge in [0.25, 0.3) is 0 Å². The van der Waals surface area contributed by atoms with Crippen molar-refractivity contribution in [2.75, 3.05) is 0 Å². The summed E-state index contributed by atoms with van der Waals surface area (Å²) in [5.74, 6) is 0.263. The normalized spacial score (nSPS) is 11.3. The second-order valence-electron chi connectivity index (χ2n) is 5.84. The van der Waals surface area contributed by atoms with Gasteiger partial charge in [0.05, 0.1) is 11.9 Å². The highest BCUT2D eigenvalue weighted by Crippen LogP contribution is 2.26. The van der Waals surface area contributed by atoms with Crippen LogP contribution in [-0.2, 0) is 17.9 Å². The van der Waals surface area contributed by atoms with E-state index in [4.69, 9.17) is 5.73 Å². The summed E-state index contributed by atoms with van der Waals surface area (Å²) in [5, 5.41) is 8.79. The first-order chi connectivity index (χ1) is 9.88. The molecule has 0 aliphatic heterocycles. The highest BCUT2D eigenvalue weighted by Gasteiger charge is 2.16. The first kappa shape index (κ1) is 15.3. The van der Waals surface area contributed by atoms with Gasteiger partial charge in [-0.05, 0) is 26.2 Å². The molecule has 0 aromatic carbocycles. The molecule has 2 rings (SSSR count). The fourth-order valence-electron chi connectivity index (χ4n) is 2.42. The number of nitrogens with zero attached hydrogens (tertiary/aromatic N) is 4. The van der Waals surface area contributed by atoms with E-state index in [1.807, 2.05) is 30.9 Å². The third-order valence-corrected chi connectivity index (χ3v) is 3.54. The minimum atomic E-state index is -0.389. The molecule has 0 saturated heterocycles. The van der Waals surface area contributed by atoms with E-state index in [1.54, 1.807) is 4.68 Å². The quantitative estimate of drug-likeness (QED) is 0.882. The first-order valence-corrected chi connectivity index (χ1v) is 7.23. The molecule has 1 amide bonds. The summed E-state index contributed by atoms with van der Waals surface area (Å²) in [6.45, 7) is 9.30. The van der Waals surface area contributed by atoms with Crippen molar-refractivity contribution >= 4 is 5.91 Å². The molecule has 21 heavy (non-hydrogen) atoms. The van der Waals surface area contributed by atoms with Crippen LogP contribution in [-0.4, -0.2) is 25.5 Å². The molecule has 2 aromatic rings. The van der Waals surface area contributed by atoms with Gasteiger partial charge in [-0.15, -0.1) is 0 Å². The lowest BCUT2D eigenvalue weighted by Crippen LogP contribution is -2.20. The summed E-state index contributed by atoms with van der Waals surface area (Å²) in [4.78, 5) is 11.1. The Morgan fingerprint density at radius 1 is 1.38 bits per heavy atom. The zero-order valence-electron chi connectivity index (χ0n) is 13.1. The summed E-state index contributed by atoms with van der Waals surface area (Å²) in [5.41, 5.74) is 9.14. The summed E-state index contributed by atoms with van der Waals surface area (Å²) in [7, 11) is 0. The van der Waals surface area contributed by atoms with Gasteiger partial charge in [0.15, 0.2) is 0 Å². The molecule has 6 nitrogen and oxygen atoms in total. The van der Waals surface area contributed by atoms with Gasteiger partial charge >= 0.3 is 0 Å². The van der Waals surface area contributed by atoms with Crippen molar-refractivity contribution < 1.29 is 4.79 Å². The van der Waals surface area contributed by atoms with Crippen LogP contribution in [0.3, 0.4) is 0 Å². The van der Waals surface area contributed by atoms with Crippen molar-refractivity contribution in [2.24, 2.45) is 11.7 Å². The number of rotatable bonds is 6. The third kappa shape index (κ3) is 3.51. The van der Waals surface area contributed by atoms with Crippen LogP contribution in [0.15, 0.2) is 12.4 Å². The van der Waals surface area contributed by atoms with E-state index in [0.717, 1.165) is 35.5 Å². The molecule has 0 fully saturated rings. The predicted octanol–water partition coefficient (Wildman–Crippen LogP) is 1.89. The topological polar surface area (TPSA) is 78.7 Å². The molecule has 0 unspecified atom stereocenters. The van der Waals surface area contributed by atoms with E-state index < -0.39 is 0 Å². The summed E-state index contributed by atoms with van der Waals surface area (Å²) >= 11 is 0. The van der Waals surface area contributed by atoms with Crippen LogP contribution in [0.5, 0.6) is 0 Å². The van der Waals surface area contributed by atoms with Crippen LogP contribution in [0.4, 0.5) is 0 Å². The largest absolute Gasteiger partial charge is 0.368 e. The highest BCUT2D eigenvalue weighted by molar-refractivity contribution is 5.74. The lowest BCUT2D eigenvalue weighted by molar-refractivity contribution is -0.118. The van der Waals surface area contributed by atoms with Gasteiger partial charge < -0.3 is 5.73 Å². The Morgan fingerprint density at radius 3 is 2.71 bits per heavy atom. The maximum atomic E-state index is 11.1. The minimum absolute atomic E-state index is 0.105. The fourth-order valence-corrected chi connectivity index (χ4v) is 2.42. The van der Waals surface area contributed by atoms with Gasteiger partial charge in [0, 0.05) is 29.6 Å². The van der Waals surface area contributed by atoms with Gasteiger partial charge in [-0.25, -0.2) is 0 Å². The van der Waals surface area contributed by atoms with Crippen LogP contribution in [0.1, 0.15) is 31.7 Å². The van der Waals surface area contributed by atoms with E-state index in [2.05, 4.69) is 24.0 Å². The average molecular weight is 289 g/mol. The van der Waals surface area contributed by atoms with Gasteiger partial charge in [-0.3, -0.25) is 14.2 Å². The SMILES string of the molecule is Cc1nn(CC(N)=O)c(C)c1-c1cnn(CCC(C)C)c1. The molecule has 0 atom stereocenters. The number of aryl methyl sites for hydroxylation is 2. The molecule has 6 heteroatoms. The number of carbonyl (C=O) groups is 1. The molecular weight excluding hydrogens is 266 g/mol. The van der Waals surface area contributed by atoms with Crippen LogP contribution < -0.4 is 5.73 Å². The number of nitrogens with two attached hydrogens (primary N) is 1. The first-order valence-electron chi connectivity index (χ1n) is 7.23. The molecule has 0 spiro atoms. The third-order valence-electron chi connectivity index (χ3n) is 3.54. The lowest BCUT2D eigenvalue weighted by atomic mass is 10.1. The molecule has 0 aliphatic carbocycles. The van der Waals surface area contributed by atoms with Gasteiger partial charge in [-0.1, -0.05) is 13.8 Å². The van der Waals surface area contributed by atoms with Crippen LogP contribution in [0.25, 0.3) is 11.1 Å². The predicted molar refractivity (Wildman–Crippen MR) is 81.6 cm³/mol. The van der Waals surface area contributed by atoms with E-state index >= 15 is 0 Å². The molecule has 2 heterocycles. The van der Waals surface area contributed by atoms with Gasteiger partial charge in [-0.2, -0.15) is 10.2 Å². The number of amides is 1. The van der Waals surface area contributed by atoms with Crippen molar-refractivity contribution in [1.82, 2.24) is 19.6 Å². The van der Waals surface area contributed by atoms with E-state index in [0.29, 0.717) is 5.92 Å². The number of aromatic nitrogens is 4. The Balaban J connectivity index is 2.26. The van der Waals surface area contributed by atoms with E-state index in [1.165, 1.54) is 0 Å². The number of hydrogen-bond donors (Lipinski definition) is 1. The Hall–Kier alpha value is -2.11. The minimum Gasteiger partial charge on any atom is -0.368 e. The Labute approximate surface area is 124 Å². The van der Waals surface area contributed by atoms with Gasteiger partial charge in [0.2, 0.25) is 5.91 Å². The maximum absolute atomic E-state index is 11.1. The zero-order chi connectivity index (χ0) is 15.6. The molecule has 0 saturated carbocycles. The Morgan fingerprint density at radius 2 is 2.10 bits per heavy atom. The van der Waals surface area contributed by atoms with Crippen molar-refractivity contribution in [2.45, 2.75) is 47.2 Å². The molecule has 0 bridgehead atoms. The number of hydrogen-bond acceptors (Lipinski definition) is 3. The molecule has 114 valence electrons. The molecule has 2 N–H and O–H groups in total. The number of carbonyl (C=O) groups excluding carboxylic acids is 1. The van der Waals surface area contributed by atoms with Crippen molar-refractivity contribution in [1.29, 1.82) is 0 Å². The monoisotopic (exact) mass is 289 g/mol. The maximum Gasteiger partial charge on any atom is 0.239 e. The molecule has 0 aliphatic rings. The molecule has 2 aromatic heterocycles. The average Bonchev–Trinajstić information content (AvgIpc) is 2.92. The Bertz CT molecular complexity index is 639. The van der Waals surface area contributed by atoms with E-state index in [-0.39, 0.29) is 12.5 Å². The van der Waals surface area contributed by atoms with Crippen LogP contribution in [0.2, 0.25) is 0 Å².